The number of fused-ring (bicyclic) bond motifs is 1. The predicted octanol–water partition coefficient (Wildman–Crippen LogP) is 5.72. The molecule has 1 atom stereocenters. The van der Waals surface area contributed by atoms with Gasteiger partial charge < -0.3 is 9.47 Å². The number of ether oxygens (including phenoxy) is 2. The van der Waals surface area contributed by atoms with Gasteiger partial charge in [-0.25, -0.2) is 0 Å². The van der Waals surface area contributed by atoms with E-state index in [2.05, 4.69) is 56.3 Å². The van der Waals surface area contributed by atoms with Gasteiger partial charge in [-0.1, -0.05) is 54.1 Å². The van der Waals surface area contributed by atoms with Crippen LogP contribution in [0.15, 0.2) is 71.6 Å². The Bertz CT molecular complexity index is 793. The normalized spacial score (nSPS) is 12.2. The number of rotatable bonds is 8. The van der Waals surface area contributed by atoms with Crippen LogP contribution in [0.25, 0.3) is 10.8 Å². The van der Waals surface area contributed by atoms with Crippen molar-refractivity contribution in [3.05, 3.63) is 72.3 Å². The van der Waals surface area contributed by atoms with Crippen LogP contribution in [0.2, 0.25) is 0 Å². The highest BCUT2D eigenvalue weighted by atomic mass is 32.2. The first-order valence-electron chi connectivity index (χ1n) is 8.64. The Morgan fingerprint density at radius 1 is 0.880 bits per heavy atom. The number of aryl methyl sites for hydroxylation is 1. The topological polar surface area (TPSA) is 18.5 Å². The molecule has 2 nitrogen and oxygen atoms in total. The summed E-state index contributed by atoms with van der Waals surface area (Å²) in [6.45, 7) is 5.38. The predicted molar refractivity (Wildman–Crippen MR) is 107 cm³/mol. The molecule has 0 saturated carbocycles. The molecule has 3 aromatic carbocycles. The second-order valence-corrected chi connectivity index (χ2v) is 7.22. The molecule has 0 N–H and O–H groups in total. The van der Waals surface area contributed by atoms with E-state index in [1.54, 1.807) is 0 Å². The zero-order valence-corrected chi connectivity index (χ0v) is 15.6. The van der Waals surface area contributed by atoms with E-state index in [9.17, 15) is 0 Å². The molecule has 130 valence electrons. The second-order valence-electron chi connectivity index (χ2n) is 6.13. The maximum absolute atomic E-state index is 5.91. The number of hydrogen-bond acceptors (Lipinski definition) is 3. The molecule has 3 heteroatoms. The molecule has 0 heterocycles. The molecule has 25 heavy (non-hydrogen) atoms. The third kappa shape index (κ3) is 5.25. The van der Waals surface area contributed by atoms with Crippen LogP contribution in [0.4, 0.5) is 0 Å². The Hall–Kier alpha value is -1.97. The standard InChI is InChI=1S/C22H24O2S/c1-17-10-12-20(13-11-17)25-16-18(2)23-14-15-24-22-9-5-7-19-6-3-4-8-21(19)22/h3-13,18H,14-16H2,1-2H3. The fourth-order valence-electron chi connectivity index (χ4n) is 2.62. The van der Waals surface area contributed by atoms with Crippen molar-refractivity contribution in [1.29, 1.82) is 0 Å². The van der Waals surface area contributed by atoms with Gasteiger partial charge in [0.25, 0.3) is 0 Å². The lowest BCUT2D eigenvalue weighted by atomic mass is 10.1. The zero-order chi connectivity index (χ0) is 17.5. The SMILES string of the molecule is Cc1ccc(SCC(C)OCCOc2cccc3ccccc23)cc1. The third-order valence-electron chi connectivity index (χ3n) is 4.00. The van der Waals surface area contributed by atoms with Gasteiger partial charge in [0.1, 0.15) is 12.4 Å². The van der Waals surface area contributed by atoms with E-state index < -0.39 is 0 Å². The Morgan fingerprint density at radius 2 is 1.64 bits per heavy atom. The smallest absolute Gasteiger partial charge is 0.127 e. The van der Waals surface area contributed by atoms with Crippen LogP contribution in [0, 0.1) is 6.92 Å². The fourth-order valence-corrected chi connectivity index (χ4v) is 3.47. The van der Waals surface area contributed by atoms with Crippen molar-refractivity contribution >= 4 is 22.5 Å². The Labute approximate surface area is 154 Å². The quantitative estimate of drug-likeness (QED) is 0.381. The van der Waals surface area contributed by atoms with E-state index in [-0.39, 0.29) is 6.10 Å². The van der Waals surface area contributed by atoms with Crippen LogP contribution in [0.5, 0.6) is 5.75 Å². The van der Waals surface area contributed by atoms with Gasteiger partial charge in [0.2, 0.25) is 0 Å². The lowest BCUT2D eigenvalue weighted by Gasteiger charge is -2.14. The van der Waals surface area contributed by atoms with Crippen LogP contribution in [-0.2, 0) is 4.74 Å². The maximum atomic E-state index is 5.91. The van der Waals surface area contributed by atoms with Crippen molar-refractivity contribution in [2.24, 2.45) is 0 Å². The molecule has 0 aliphatic heterocycles. The van der Waals surface area contributed by atoms with E-state index in [1.807, 2.05) is 36.0 Å². The minimum atomic E-state index is 0.197. The number of hydrogen-bond donors (Lipinski definition) is 0. The van der Waals surface area contributed by atoms with E-state index in [4.69, 9.17) is 9.47 Å². The largest absolute Gasteiger partial charge is 0.491 e. The van der Waals surface area contributed by atoms with Crippen LogP contribution < -0.4 is 4.74 Å². The van der Waals surface area contributed by atoms with Gasteiger partial charge in [-0.2, -0.15) is 0 Å². The van der Waals surface area contributed by atoms with Gasteiger partial charge >= 0.3 is 0 Å². The Morgan fingerprint density at radius 3 is 2.48 bits per heavy atom. The third-order valence-corrected chi connectivity index (χ3v) is 5.24. The summed E-state index contributed by atoms with van der Waals surface area (Å²) in [6.07, 6.45) is 0.197. The first-order chi connectivity index (χ1) is 12.2. The molecule has 0 amide bonds. The summed E-state index contributed by atoms with van der Waals surface area (Å²) >= 11 is 1.83. The summed E-state index contributed by atoms with van der Waals surface area (Å²) in [4.78, 5) is 1.29. The molecule has 1 unspecified atom stereocenters. The summed E-state index contributed by atoms with van der Waals surface area (Å²) in [7, 11) is 0. The molecule has 3 rings (SSSR count). The molecule has 0 radical (unpaired) electrons. The highest BCUT2D eigenvalue weighted by Crippen LogP contribution is 2.25. The summed E-state index contributed by atoms with van der Waals surface area (Å²) < 4.78 is 11.8. The average Bonchev–Trinajstić information content (AvgIpc) is 2.65. The van der Waals surface area contributed by atoms with Gasteiger partial charge in [0.15, 0.2) is 0 Å². The van der Waals surface area contributed by atoms with Crippen molar-refractivity contribution in [2.45, 2.75) is 24.8 Å². The maximum Gasteiger partial charge on any atom is 0.127 e. The molecular formula is C22H24O2S. The van der Waals surface area contributed by atoms with Gasteiger partial charge in [-0.05, 0) is 37.4 Å². The Balaban J connectivity index is 1.41. The van der Waals surface area contributed by atoms with Gasteiger partial charge in [-0.15, -0.1) is 11.8 Å². The summed E-state index contributed by atoms with van der Waals surface area (Å²) in [6, 6.07) is 23.0. The lowest BCUT2D eigenvalue weighted by molar-refractivity contribution is 0.0582. The van der Waals surface area contributed by atoms with Crippen molar-refractivity contribution in [1.82, 2.24) is 0 Å². The minimum Gasteiger partial charge on any atom is -0.491 e. The van der Waals surface area contributed by atoms with E-state index in [0.29, 0.717) is 13.2 Å². The van der Waals surface area contributed by atoms with Crippen LogP contribution in [-0.4, -0.2) is 25.1 Å². The highest BCUT2D eigenvalue weighted by Gasteiger charge is 2.05. The van der Waals surface area contributed by atoms with Crippen molar-refractivity contribution in [3.8, 4) is 5.75 Å². The first kappa shape index (κ1) is 17.8. The van der Waals surface area contributed by atoms with Crippen molar-refractivity contribution in [2.75, 3.05) is 19.0 Å². The molecule has 3 aromatic rings. The summed E-state index contributed by atoms with van der Waals surface area (Å²) in [5.74, 6) is 1.86. The summed E-state index contributed by atoms with van der Waals surface area (Å²) in [5.41, 5.74) is 1.29. The van der Waals surface area contributed by atoms with Crippen LogP contribution in [0.1, 0.15) is 12.5 Å². The monoisotopic (exact) mass is 352 g/mol. The highest BCUT2D eigenvalue weighted by molar-refractivity contribution is 7.99. The molecule has 0 aliphatic carbocycles. The minimum absolute atomic E-state index is 0.197. The molecule has 0 spiro atoms. The molecule has 0 bridgehead atoms. The van der Waals surface area contributed by atoms with Crippen LogP contribution in [0.3, 0.4) is 0 Å². The molecule has 0 aromatic heterocycles. The molecule has 0 fully saturated rings. The average molecular weight is 352 g/mol. The van der Waals surface area contributed by atoms with Crippen molar-refractivity contribution in [3.63, 3.8) is 0 Å². The molecule has 0 saturated heterocycles. The Kier molecular flexibility index (Phi) is 6.37. The molecular weight excluding hydrogens is 328 g/mol. The summed E-state index contributed by atoms with van der Waals surface area (Å²) in [5, 5.41) is 2.34. The first-order valence-corrected chi connectivity index (χ1v) is 9.62. The second kappa shape index (κ2) is 8.93. The van der Waals surface area contributed by atoms with E-state index >= 15 is 0 Å². The fraction of sp³-hybridized carbons (Fsp3) is 0.273. The van der Waals surface area contributed by atoms with Crippen LogP contribution >= 0.6 is 11.8 Å². The zero-order valence-electron chi connectivity index (χ0n) is 14.8. The number of thioether (sulfide) groups is 1. The van der Waals surface area contributed by atoms with Crippen molar-refractivity contribution < 1.29 is 9.47 Å². The van der Waals surface area contributed by atoms with E-state index in [1.165, 1.54) is 15.8 Å². The molecule has 0 aliphatic rings. The van der Waals surface area contributed by atoms with E-state index in [0.717, 1.165) is 16.9 Å². The van der Waals surface area contributed by atoms with Gasteiger partial charge in [0.05, 0.1) is 12.7 Å². The van der Waals surface area contributed by atoms with Gasteiger partial charge in [0, 0.05) is 16.0 Å². The van der Waals surface area contributed by atoms with Gasteiger partial charge in [-0.3, -0.25) is 0 Å². The number of benzene rings is 3. The lowest BCUT2D eigenvalue weighted by Crippen LogP contribution is -2.16.